The molecule has 4 unspecified atom stereocenters. The topological polar surface area (TPSA) is 55.6 Å². The van der Waals surface area contributed by atoms with Gasteiger partial charge in [-0.05, 0) is 51.0 Å². The molecule has 2 aliphatic rings. The third-order valence-electron chi connectivity index (χ3n) is 4.53. The first-order chi connectivity index (χ1) is 8.60. The summed E-state index contributed by atoms with van der Waals surface area (Å²) in [6, 6.07) is -0.506. The largest absolute Gasteiger partial charge is 0.465 e. The van der Waals surface area contributed by atoms with Gasteiger partial charge in [0.1, 0.15) is 6.04 Å². The summed E-state index contributed by atoms with van der Waals surface area (Å²) in [6.45, 7) is 3.90. The molecule has 2 aliphatic carbocycles. The summed E-state index contributed by atoms with van der Waals surface area (Å²) in [5, 5.41) is 0. The van der Waals surface area contributed by atoms with Crippen molar-refractivity contribution in [3.05, 3.63) is 0 Å². The van der Waals surface area contributed by atoms with E-state index in [2.05, 4.69) is 11.9 Å². The number of fused-ring (bicyclic) bond motifs is 2. The molecule has 0 spiro atoms. The fourth-order valence-corrected chi connectivity index (χ4v) is 3.73. The number of carbonyl (C=O) groups is 1. The maximum Gasteiger partial charge on any atom is 0.324 e. The van der Waals surface area contributed by atoms with Crippen molar-refractivity contribution in [2.24, 2.45) is 23.5 Å². The molecule has 0 radical (unpaired) electrons. The third kappa shape index (κ3) is 3.23. The minimum absolute atomic E-state index is 0.280. The van der Waals surface area contributed by atoms with Crippen molar-refractivity contribution < 1.29 is 9.53 Å². The van der Waals surface area contributed by atoms with E-state index in [0.717, 1.165) is 24.3 Å². The molecule has 104 valence electrons. The first kappa shape index (κ1) is 13.8. The lowest BCUT2D eigenvalue weighted by Crippen LogP contribution is -2.44. The lowest BCUT2D eigenvalue weighted by Gasteiger charge is -2.28. The van der Waals surface area contributed by atoms with Gasteiger partial charge < -0.3 is 15.4 Å². The molecule has 0 aromatic carbocycles. The lowest BCUT2D eigenvalue weighted by atomic mass is 9.88. The van der Waals surface area contributed by atoms with Gasteiger partial charge in [0.2, 0.25) is 0 Å². The average Bonchev–Trinajstić information content (AvgIpc) is 2.90. The summed E-state index contributed by atoms with van der Waals surface area (Å²) < 4.78 is 4.93. The Balaban J connectivity index is 1.71. The van der Waals surface area contributed by atoms with Crippen LogP contribution in [-0.4, -0.2) is 43.7 Å². The molecule has 2 saturated carbocycles. The predicted octanol–water partition coefficient (Wildman–Crippen LogP) is 1.24. The molecule has 2 bridgehead atoms. The summed E-state index contributed by atoms with van der Waals surface area (Å²) in [5.41, 5.74) is 5.84. The van der Waals surface area contributed by atoms with Crippen molar-refractivity contribution in [1.82, 2.24) is 4.90 Å². The number of rotatable bonds is 6. The van der Waals surface area contributed by atoms with Gasteiger partial charge in [0.25, 0.3) is 0 Å². The fourth-order valence-electron chi connectivity index (χ4n) is 3.73. The van der Waals surface area contributed by atoms with Gasteiger partial charge in [-0.15, -0.1) is 0 Å². The molecule has 0 aromatic rings. The van der Waals surface area contributed by atoms with Crippen LogP contribution in [0.3, 0.4) is 0 Å². The van der Waals surface area contributed by atoms with Crippen LogP contribution in [0.15, 0.2) is 0 Å². The van der Waals surface area contributed by atoms with Crippen molar-refractivity contribution in [1.29, 1.82) is 0 Å². The number of hydrogen-bond donors (Lipinski definition) is 1. The number of ether oxygens (including phenoxy) is 1. The summed E-state index contributed by atoms with van der Waals surface area (Å²) >= 11 is 0. The van der Waals surface area contributed by atoms with E-state index in [1.54, 1.807) is 0 Å². The molecule has 2 fully saturated rings. The van der Waals surface area contributed by atoms with Crippen molar-refractivity contribution in [3.63, 3.8) is 0 Å². The molecule has 0 amide bonds. The van der Waals surface area contributed by atoms with E-state index >= 15 is 0 Å². The van der Waals surface area contributed by atoms with E-state index in [4.69, 9.17) is 10.5 Å². The van der Waals surface area contributed by atoms with Gasteiger partial charge in [-0.1, -0.05) is 6.42 Å². The van der Waals surface area contributed by atoms with Gasteiger partial charge in [0.05, 0.1) is 6.61 Å². The molecular formula is C14H26N2O2. The normalized spacial score (nSPS) is 31.9. The van der Waals surface area contributed by atoms with E-state index in [0.29, 0.717) is 13.2 Å². The fraction of sp³-hybridized carbons (Fsp3) is 0.929. The van der Waals surface area contributed by atoms with Crippen LogP contribution in [0, 0.1) is 17.8 Å². The van der Waals surface area contributed by atoms with Crippen LogP contribution in [0.2, 0.25) is 0 Å². The van der Waals surface area contributed by atoms with Crippen LogP contribution < -0.4 is 5.73 Å². The van der Waals surface area contributed by atoms with Crippen LogP contribution in [0.4, 0.5) is 0 Å². The second kappa shape index (κ2) is 6.02. The van der Waals surface area contributed by atoms with Crippen LogP contribution >= 0.6 is 0 Å². The monoisotopic (exact) mass is 254 g/mol. The smallest absolute Gasteiger partial charge is 0.324 e. The highest BCUT2D eigenvalue weighted by Gasteiger charge is 2.39. The van der Waals surface area contributed by atoms with Crippen molar-refractivity contribution in [3.8, 4) is 0 Å². The Morgan fingerprint density at radius 3 is 2.78 bits per heavy atom. The van der Waals surface area contributed by atoms with Crippen LogP contribution in [0.25, 0.3) is 0 Å². The van der Waals surface area contributed by atoms with Gasteiger partial charge in [0.15, 0.2) is 0 Å². The first-order valence-electron chi connectivity index (χ1n) is 7.21. The molecule has 2 rings (SSSR count). The SMILES string of the molecule is CCOC(=O)C(N)CN(C)CC1CC2CCC1C2. The zero-order valence-corrected chi connectivity index (χ0v) is 11.6. The molecule has 0 heterocycles. The Hall–Kier alpha value is -0.610. The Morgan fingerprint density at radius 1 is 1.44 bits per heavy atom. The van der Waals surface area contributed by atoms with E-state index in [9.17, 15) is 4.79 Å². The lowest BCUT2D eigenvalue weighted by molar-refractivity contribution is -0.145. The minimum Gasteiger partial charge on any atom is -0.465 e. The highest BCUT2D eigenvalue weighted by molar-refractivity contribution is 5.75. The summed E-state index contributed by atoms with van der Waals surface area (Å²) in [6.07, 6.45) is 5.66. The zero-order valence-electron chi connectivity index (χ0n) is 11.6. The van der Waals surface area contributed by atoms with Crippen LogP contribution in [0.1, 0.15) is 32.6 Å². The number of carbonyl (C=O) groups excluding carboxylic acids is 1. The van der Waals surface area contributed by atoms with E-state index in [1.165, 1.54) is 25.7 Å². The molecule has 0 aromatic heterocycles. The van der Waals surface area contributed by atoms with Crippen molar-refractivity contribution >= 4 is 5.97 Å². The third-order valence-corrected chi connectivity index (χ3v) is 4.53. The first-order valence-corrected chi connectivity index (χ1v) is 7.21. The molecule has 4 nitrogen and oxygen atoms in total. The number of likely N-dealkylation sites (N-methyl/N-ethyl adjacent to an activating group) is 1. The molecule has 2 N–H and O–H groups in total. The predicted molar refractivity (Wildman–Crippen MR) is 71.0 cm³/mol. The average molecular weight is 254 g/mol. The second-order valence-electron chi connectivity index (χ2n) is 6.01. The zero-order chi connectivity index (χ0) is 13.1. The number of hydrogen-bond acceptors (Lipinski definition) is 4. The maximum atomic E-state index is 11.5. The molecule has 4 heteroatoms. The van der Waals surface area contributed by atoms with E-state index < -0.39 is 6.04 Å². The maximum absolute atomic E-state index is 11.5. The standard InChI is InChI=1S/C14H26N2O2/c1-3-18-14(17)13(15)9-16(2)8-12-7-10-4-5-11(12)6-10/h10-13H,3-9,15H2,1-2H3. The summed E-state index contributed by atoms with van der Waals surface area (Å²) in [5.74, 6) is 2.45. The quantitative estimate of drug-likeness (QED) is 0.725. The van der Waals surface area contributed by atoms with Crippen LogP contribution in [0.5, 0.6) is 0 Å². The van der Waals surface area contributed by atoms with Gasteiger partial charge in [-0.25, -0.2) is 0 Å². The van der Waals surface area contributed by atoms with Gasteiger partial charge in [0, 0.05) is 13.1 Å². The van der Waals surface area contributed by atoms with Gasteiger partial charge in [-0.2, -0.15) is 0 Å². The number of nitrogens with zero attached hydrogens (tertiary/aromatic N) is 1. The van der Waals surface area contributed by atoms with Gasteiger partial charge >= 0.3 is 5.97 Å². The number of esters is 1. The van der Waals surface area contributed by atoms with E-state index in [-0.39, 0.29) is 5.97 Å². The Bertz CT molecular complexity index is 296. The Labute approximate surface area is 110 Å². The van der Waals surface area contributed by atoms with Crippen LogP contribution in [-0.2, 0) is 9.53 Å². The molecule has 0 aliphatic heterocycles. The summed E-state index contributed by atoms with van der Waals surface area (Å²) in [7, 11) is 2.06. The second-order valence-corrected chi connectivity index (χ2v) is 6.01. The Kier molecular flexibility index (Phi) is 4.62. The molecule has 4 atom stereocenters. The van der Waals surface area contributed by atoms with E-state index in [1.807, 2.05) is 6.92 Å². The van der Waals surface area contributed by atoms with Crippen molar-refractivity contribution in [2.45, 2.75) is 38.6 Å². The minimum atomic E-state index is -0.506. The van der Waals surface area contributed by atoms with Gasteiger partial charge in [-0.3, -0.25) is 4.79 Å². The Morgan fingerprint density at radius 2 is 2.22 bits per heavy atom. The summed E-state index contributed by atoms with van der Waals surface area (Å²) in [4.78, 5) is 13.7. The molecule has 18 heavy (non-hydrogen) atoms. The number of nitrogens with two attached hydrogens (primary N) is 1. The van der Waals surface area contributed by atoms with Crippen molar-refractivity contribution in [2.75, 3.05) is 26.7 Å². The molecular weight excluding hydrogens is 228 g/mol. The highest BCUT2D eigenvalue weighted by Crippen LogP contribution is 2.48. The highest BCUT2D eigenvalue weighted by atomic mass is 16.5. The molecule has 0 saturated heterocycles.